The number of hydrogen-bond donors (Lipinski definition) is 0. The SMILES string of the molecule is O=C(C1CCC1)N(Cc1ccc(OS(=O)(=O)c2ccc(F)cc2)cc1)C1CC1. The zero-order chi connectivity index (χ0) is 19.7. The van der Waals surface area contributed by atoms with E-state index in [9.17, 15) is 17.6 Å². The minimum atomic E-state index is -4.02. The molecule has 2 aromatic carbocycles. The van der Waals surface area contributed by atoms with Gasteiger partial charge >= 0.3 is 10.1 Å². The summed E-state index contributed by atoms with van der Waals surface area (Å²) in [6, 6.07) is 11.5. The lowest BCUT2D eigenvalue weighted by atomic mass is 9.84. The molecule has 148 valence electrons. The third kappa shape index (κ3) is 4.19. The Balaban J connectivity index is 1.43. The summed E-state index contributed by atoms with van der Waals surface area (Å²) in [5.41, 5.74) is 0.936. The second-order valence-corrected chi connectivity index (χ2v) is 9.01. The number of carbonyl (C=O) groups is 1. The zero-order valence-corrected chi connectivity index (χ0v) is 16.2. The van der Waals surface area contributed by atoms with E-state index in [1.165, 1.54) is 12.1 Å². The Labute approximate surface area is 164 Å². The quantitative estimate of drug-likeness (QED) is 0.658. The molecule has 0 radical (unpaired) electrons. The smallest absolute Gasteiger partial charge is 0.339 e. The van der Waals surface area contributed by atoms with Crippen LogP contribution >= 0.6 is 0 Å². The average molecular weight is 403 g/mol. The van der Waals surface area contributed by atoms with Gasteiger partial charge in [-0.3, -0.25) is 4.79 Å². The molecule has 1 amide bonds. The van der Waals surface area contributed by atoms with Gasteiger partial charge in [-0.2, -0.15) is 8.42 Å². The van der Waals surface area contributed by atoms with Crippen LogP contribution in [-0.2, 0) is 21.5 Å². The van der Waals surface area contributed by atoms with Crippen molar-refractivity contribution in [2.24, 2.45) is 5.92 Å². The maximum Gasteiger partial charge on any atom is 0.339 e. The fourth-order valence-corrected chi connectivity index (χ4v) is 4.22. The molecule has 0 unspecified atom stereocenters. The van der Waals surface area contributed by atoms with Crippen LogP contribution in [0.2, 0.25) is 0 Å². The lowest BCUT2D eigenvalue weighted by Gasteiger charge is -2.32. The highest BCUT2D eigenvalue weighted by atomic mass is 32.2. The van der Waals surface area contributed by atoms with Crippen LogP contribution < -0.4 is 4.18 Å². The standard InChI is InChI=1S/C21H22FNO4S/c22-17-6-12-20(13-7-17)28(25,26)27-19-10-4-15(5-11-19)14-23(18-8-9-18)21(24)16-2-1-3-16/h4-7,10-13,16,18H,1-3,8-9,14H2. The normalized spacial score (nSPS) is 17.0. The number of halogens is 1. The van der Waals surface area contributed by atoms with Crippen molar-refractivity contribution in [2.75, 3.05) is 0 Å². The summed E-state index contributed by atoms with van der Waals surface area (Å²) in [5.74, 6) is 0.0772. The Bertz CT molecular complexity index is 949. The maximum absolute atomic E-state index is 13.0. The van der Waals surface area contributed by atoms with Gasteiger partial charge in [0, 0.05) is 18.5 Å². The minimum absolute atomic E-state index is 0.107. The number of hydrogen-bond acceptors (Lipinski definition) is 4. The summed E-state index contributed by atoms with van der Waals surface area (Å²) in [4.78, 5) is 14.5. The van der Waals surface area contributed by atoms with E-state index in [1.54, 1.807) is 24.3 Å². The number of nitrogens with zero attached hydrogens (tertiary/aromatic N) is 1. The first kappa shape index (κ1) is 18.9. The molecule has 5 nitrogen and oxygen atoms in total. The Hall–Kier alpha value is -2.41. The van der Waals surface area contributed by atoms with Crippen LogP contribution in [0.25, 0.3) is 0 Å². The molecule has 0 atom stereocenters. The number of amides is 1. The fraction of sp³-hybridized carbons (Fsp3) is 0.381. The predicted octanol–water partition coefficient (Wildman–Crippen LogP) is 3.88. The lowest BCUT2D eigenvalue weighted by molar-refractivity contribution is -0.139. The van der Waals surface area contributed by atoms with Gasteiger partial charge in [-0.1, -0.05) is 18.6 Å². The second-order valence-electron chi connectivity index (χ2n) is 7.46. The molecule has 2 saturated carbocycles. The molecular weight excluding hydrogens is 381 g/mol. The molecule has 2 aromatic rings. The molecule has 0 bridgehead atoms. The van der Waals surface area contributed by atoms with Gasteiger partial charge in [0.15, 0.2) is 0 Å². The minimum Gasteiger partial charge on any atom is -0.379 e. The summed E-state index contributed by atoms with van der Waals surface area (Å²) < 4.78 is 42.7. The first-order valence-corrected chi connectivity index (χ1v) is 10.9. The van der Waals surface area contributed by atoms with E-state index in [0.717, 1.165) is 49.8 Å². The fourth-order valence-electron chi connectivity index (χ4n) is 3.29. The summed E-state index contributed by atoms with van der Waals surface area (Å²) in [5, 5.41) is 0. The number of benzene rings is 2. The van der Waals surface area contributed by atoms with Crippen molar-refractivity contribution in [3.05, 3.63) is 59.9 Å². The predicted molar refractivity (Wildman–Crippen MR) is 102 cm³/mol. The molecule has 0 N–H and O–H groups in total. The molecule has 2 aliphatic carbocycles. The molecule has 4 rings (SSSR count). The molecule has 0 spiro atoms. The van der Waals surface area contributed by atoms with E-state index < -0.39 is 15.9 Å². The van der Waals surface area contributed by atoms with Crippen molar-refractivity contribution < 1.29 is 21.8 Å². The van der Waals surface area contributed by atoms with Crippen molar-refractivity contribution in [3.8, 4) is 5.75 Å². The van der Waals surface area contributed by atoms with Crippen LogP contribution in [0.5, 0.6) is 5.75 Å². The lowest BCUT2D eigenvalue weighted by Crippen LogP contribution is -2.39. The molecule has 0 saturated heterocycles. The van der Waals surface area contributed by atoms with Gasteiger partial charge in [-0.25, -0.2) is 4.39 Å². The highest BCUT2D eigenvalue weighted by Gasteiger charge is 2.37. The van der Waals surface area contributed by atoms with Crippen molar-refractivity contribution in [3.63, 3.8) is 0 Å². The van der Waals surface area contributed by atoms with Gasteiger partial charge in [0.25, 0.3) is 0 Å². The van der Waals surface area contributed by atoms with Gasteiger partial charge in [0.1, 0.15) is 16.5 Å². The van der Waals surface area contributed by atoms with Crippen molar-refractivity contribution in [2.45, 2.75) is 49.6 Å². The summed E-state index contributed by atoms with van der Waals surface area (Å²) in [7, 11) is -4.02. The molecule has 2 aliphatic rings. The Morgan fingerprint density at radius 3 is 2.18 bits per heavy atom. The third-order valence-corrected chi connectivity index (χ3v) is 6.57. The van der Waals surface area contributed by atoms with Crippen molar-refractivity contribution >= 4 is 16.0 Å². The Kier molecular flexibility index (Phi) is 5.10. The molecule has 0 aliphatic heterocycles. The largest absolute Gasteiger partial charge is 0.379 e. The van der Waals surface area contributed by atoms with Crippen LogP contribution in [0.15, 0.2) is 53.4 Å². The monoisotopic (exact) mass is 403 g/mol. The van der Waals surface area contributed by atoms with Gasteiger partial charge in [0.05, 0.1) is 0 Å². The number of carbonyl (C=O) groups excluding carboxylic acids is 1. The van der Waals surface area contributed by atoms with Gasteiger partial charge in [0.2, 0.25) is 5.91 Å². The first-order valence-electron chi connectivity index (χ1n) is 9.52. The third-order valence-electron chi connectivity index (χ3n) is 5.31. The molecule has 28 heavy (non-hydrogen) atoms. The Morgan fingerprint density at radius 2 is 1.64 bits per heavy atom. The second kappa shape index (κ2) is 7.54. The number of rotatable bonds is 7. The maximum atomic E-state index is 13.0. The Morgan fingerprint density at radius 1 is 1.00 bits per heavy atom. The van der Waals surface area contributed by atoms with Gasteiger partial charge < -0.3 is 9.08 Å². The molecule has 7 heteroatoms. The van der Waals surface area contributed by atoms with Crippen LogP contribution in [0.1, 0.15) is 37.7 Å². The van der Waals surface area contributed by atoms with Crippen molar-refractivity contribution in [1.82, 2.24) is 4.90 Å². The first-order chi connectivity index (χ1) is 13.4. The van der Waals surface area contributed by atoms with Crippen LogP contribution in [0.4, 0.5) is 4.39 Å². The summed E-state index contributed by atoms with van der Waals surface area (Å²) >= 11 is 0. The molecule has 0 aromatic heterocycles. The van der Waals surface area contributed by atoms with E-state index in [-0.39, 0.29) is 22.5 Å². The zero-order valence-electron chi connectivity index (χ0n) is 15.4. The van der Waals surface area contributed by atoms with Crippen LogP contribution in [-0.4, -0.2) is 25.3 Å². The van der Waals surface area contributed by atoms with E-state index in [2.05, 4.69) is 0 Å². The van der Waals surface area contributed by atoms with Crippen molar-refractivity contribution in [1.29, 1.82) is 0 Å². The highest BCUT2D eigenvalue weighted by Crippen LogP contribution is 2.35. The highest BCUT2D eigenvalue weighted by molar-refractivity contribution is 7.87. The van der Waals surface area contributed by atoms with Gasteiger partial charge in [-0.15, -0.1) is 0 Å². The summed E-state index contributed by atoms with van der Waals surface area (Å²) in [6.45, 7) is 0.533. The summed E-state index contributed by atoms with van der Waals surface area (Å²) in [6.07, 6.45) is 5.20. The molecular formula is C21H22FNO4S. The topological polar surface area (TPSA) is 63.7 Å². The van der Waals surface area contributed by atoms with E-state index in [1.807, 2.05) is 4.90 Å². The molecule has 0 heterocycles. The van der Waals surface area contributed by atoms with E-state index in [0.29, 0.717) is 12.6 Å². The van der Waals surface area contributed by atoms with Gasteiger partial charge in [-0.05, 0) is 67.6 Å². The molecule has 2 fully saturated rings. The van der Waals surface area contributed by atoms with E-state index >= 15 is 0 Å². The van der Waals surface area contributed by atoms with Crippen LogP contribution in [0, 0.1) is 11.7 Å². The van der Waals surface area contributed by atoms with Crippen LogP contribution in [0.3, 0.4) is 0 Å². The average Bonchev–Trinajstić information content (AvgIpc) is 3.44. The van der Waals surface area contributed by atoms with E-state index in [4.69, 9.17) is 4.18 Å².